The lowest BCUT2D eigenvalue weighted by Crippen LogP contribution is -2.44. The number of nitrogens with two attached hydrogens (primary N) is 1. The number of rotatable bonds is 6. The molecule has 1 atom stereocenters. The fourth-order valence-corrected chi connectivity index (χ4v) is 1.60. The first-order chi connectivity index (χ1) is 8.58. The first kappa shape index (κ1) is 14.5. The fraction of sp³-hybridized carbons (Fsp3) is 0.462. The molecule has 0 saturated heterocycles. The maximum Gasteiger partial charge on any atom is 0.275 e. The molecule has 0 spiro atoms. The lowest BCUT2D eigenvalue weighted by Gasteiger charge is -2.21. The maximum absolute atomic E-state index is 11.6. The molecule has 0 radical (unpaired) electrons. The van der Waals surface area contributed by atoms with Crippen LogP contribution >= 0.6 is 0 Å². The predicted molar refractivity (Wildman–Crippen MR) is 68.7 cm³/mol. The second kappa shape index (κ2) is 6.98. The quantitative estimate of drug-likeness (QED) is 0.453. The largest absolute Gasteiger partial charge is 0.480 e. The van der Waals surface area contributed by atoms with Crippen molar-refractivity contribution in [2.24, 2.45) is 11.8 Å². The molecule has 1 aromatic rings. The van der Waals surface area contributed by atoms with Gasteiger partial charge in [0.25, 0.3) is 5.91 Å². The number of ether oxygens (including phenoxy) is 2. The van der Waals surface area contributed by atoms with E-state index in [1.807, 2.05) is 32.0 Å². The summed E-state index contributed by atoms with van der Waals surface area (Å²) in [5.74, 6) is 5.47. The highest BCUT2D eigenvalue weighted by atomic mass is 16.5. The number of hydrogen-bond acceptors (Lipinski definition) is 4. The Morgan fingerprint density at radius 1 is 1.44 bits per heavy atom. The van der Waals surface area contributed by atoms with E-state index in [0.29, 0.717) is 12.4 Å². The Bertz CT molecular complexity index is 394. The highest BCUT2D eigenvalue weighted by Crippen LogP contribution is 2.18. The van der Waals surface area contributed by atoms with Crippen molar-refractivity contribution < 1.29 is 14.3 Å². The highest BCUT2D eigenvalue weighted by Gasteiger charge is 2.23. The molecule has 0 saturated carbocycles. The fourth-order valence-electron chi connectivity index (χ4n) is 1.60. The third kappa shape index (κ3) is 4.01. The summed E-state index contributed by atoms with van der Waals surface area (Å²) in [6, 6.07) is 7.45. The standard InChI is InChI=1S/C13H20N2O3/c1-9(2)12(13(16)15-14)18-11-6-4-5-10(7-11)8-17-3/h4-7,9,12H,8,14H2,1-3H3,(H,15,16). The summed E-state index contributed by atoms with van der Waals surface area (Å²) in [5, 5.41) is 0. The summed E-state index contributed by atoms with van der Waals surface area (Å²) < 4.78 is 10.7. The van der Waals surface area contributed by atoms with E-state index in [0.717, 1.165) is 5.56 Å². The minimum Gasteiger partial charge on any atom is -0.480 e. The van der Waals surface area contributed by atoms with Crippen molar-refractivity contribution >= 4 is 5.91 Å². The number of amides is 1. The zero-order valence-electron chi connectivity index (χ0n) is 11.0. The Labute approximate surface area is 107 Å². The van der Waals surface area contributed by atoms with Crippen LogP contribution in [0.4, 0.5) is 0 Å². The highest BCUT2D eigenvalue weighted by molar-refractivity contribution is 5.80. The zero-order valence-corrected chi connectivity index (χ0v) is 11.0. The molecular weight excluding hydrogens is 232 g/mol. The zero-order chi connectivity index (χ0) is 13.5. The SMILES string of the molecule is COCc1cccc(OC(C(=O)NN)C(C)C)c1. The smallest absolute Gasteiger partial charge is 0.275 e. The van der Waals surface area contributed by atoms with E-state index < -0.39 is 6.10 Å². The second-order valence-electron chi connectivity index (χ2n) is 4.37. The number of hydrazine groups is 1. The van der Waals surface area contributed by atoms with Crippen molar-refractivity contribution in [3.05, 3.63) is 29.8 Å². The third-order valence-electron chi connectivity index (χ3n) is 2.48. The molecule has 0 aromatic heterocycles. The van der Waals surface area contributed by atoms with Gasteiger partial charge < -0.3 is 9.47 Å². The summed E-state index contributed by atoms with van der Waals surface area (Å²) in [4.78, 5) is 11.6. The van der Waals surface area contributed by atoms with Gasteiger partial charge in [0.1, 0.15) is 5.75 Å². The van der Waals surface area contributed by atoms with Crippen LogP contribution < -0.4 is 16.0 Å². The molecule has 100 valence electrons. The van der Waals surface area contributed by atoms with E-state index in [2.05, 4.69) is 5.43 Å². The summed E-state index contributed by atoms with van der Waals surface area (Å²) in [6.07, 6.45) is -0.604. The van der Waals surface area contributed by atoms with Gasteiger partial charge in [0.05, 0.1) is 6.61 Å². The van der Waals surface area contributed by atoms with Crippen LogP contribution in [0.25, 0.3) is 0 Å². The van der Waals surface area contributed by atoms with Crippen molar-refractivity contribution in [3.63, 3.8) is 0 Å². The van der Waals surface area contributed by atoms with Gasteiger partial charge >= 0.3 is 0 Å². The number of methoxy groups -OCH3 is 1. The van der Waals surface area contributed by atoms with Crippen molar-refractivity contribution in [1.29, 1.82) is 0 Å². The molecule has 5 heteroatoms. The molecule has 0 aliphatic carbocycles. The number of carbonyl (C=O) groups is 1. The van der Waals surface area contributed by atoms with Crippen LogP contribution in [0.3, 0.4) is 0 Å². The van der Waals surface area contributed by atoms with Gasteiger partial charge in [-0.05, 0) is 23.6 Å². The molecule has 0 fully saturated rings. The van der Waals surface area contributed by atoms with Crippen LogP contribution in [-0.4, -0.2) is 19.1 Å². The van der Waals surface area contributed by atoms with Crippen LogP contribution in [0.15, 0.2) is 24.3 Å². The first-order valence-electron chi connectivity index (χ1n) is 5.83. The maximum atomic E-state index is 11.6. The van der Waals surface area contributed by atoms with Gasteiger partial charge in [-0.25, -0.2) is 5.84 Å². The second-order valence-corrected chi connectivity index (χ2v) is 4.37. The van der Waals surface area contributed by atoms with Gasteiger partial charge in [-0.2, -0.15) is 0 Å². The van der Waals surface area contributed by atoms with Crippen molar-refractivity contribution in [2.75, 3.05) is 7.11 Å². The number of hydrogen-bond donors (Lipinski definition) is 2. The Kier molecular flexibility index (Phi) is 5.61. The minimum absolute atomic E-state index is 0.0274. The van der Waals surface area contributed by atoms with Gasteiger partial charge in [0.15, 0.2) is 6.10 Å². The molecule has 3 N–H and O–H groups in total. The normalized spacial score (nSPS) is 12.3. The first-order valence-corrected chi connectivity index (χ1v) is 5.83. The van der Waals surface area contributed by atoms with E-state index >= 15 is 0 Å². The van der Waals surface area contributed by atoms with Crippen molar-refractivity contribution in [2.45, 2.75) is 26.6 Å². The minimum atomic E-state index is -0.604. The van der Waals surface area contributed by atoms with Gasteiger partial charge in [-0.3, -0.25) is 10.2 Å². The van der Waals surface area contributed by atoms with E-state index in [4.69, 9.17) is 15.3 Å². The Morgan fingerprint density at radius 2 is 2.17 bits per heavy atom. The molecule has 0 bridgehead atoms. The monoisotopic (exact) mass is 252 g/mol. The average molecular weight is 252 g/mol. The van der Waals surface area contributed by atoms with Gasteiger partial charge in [0, 0.05) is 7.11 Å². The molecular formula is C13H20N2O3. The molecule has 18 heavy (non-hydrogen) atoms. The van der Waals surface area contributed by atoms with Crippen LogP contribution in [-0.2, 0) is 16.1 Å². The average Bonchev–Trinajstić information content (AvgIpc) is 2.35. The topological polar surface area (TPSA) is 73.6 Å². The molecule has 1 aromatic carbocycles. The number of benzene rings is 1. The molecule has 0 aliphatic heterocycles. The summed E-state index contributed by atoms with van der Waals surface area (Å²) in [5.41, 5.74) is 3.11. The summed E-state index contributed by atoms with van der Waals surface area (Å²) in [6.45, 7) is 4.31. The Hall–Kier alpha value is -1.59. The predicted octanol–water partition coefficient (Wildman–Crippen LogP) is 1.23. The Balaban J connectivity index is 2.80. The lowest BCUT2D eigenvalue weighted by atomic mass is 10.1. The van der Waals surface area contributed by atoms with Crippen LogP contribution in [0.5, 0.6) is 5.75 Å². The van der Waals surface area contributed by atoms with Crippen LogP contribution in [0, 0.1) is 5.92 Å². The van der Waals surface area contributed by atoms with Gasteiger partial charge in [-0.1, -0.05) is 26.0 Å². The van der Waals surface area contributed by atoms with Crippen molar-refractivity contribution in [3.8, 4) is 5.75 Å². The van der Waals surface area contributed by atoms with E-state index in [9.17, 15) is 4.79 Å². The van der Waals surface area contributed by atoms with Gasteiger partial charge in [-0.15, -0.1) is 0 Å². The third-order valence-corrected chi connectivity index (χ3v) is 2.48. The molecule has 1 unspecified atom stereocenters. The summed E-state index contributed by atoms with van der Waals surface area (Å²) >= 11 is 0. The summed E-state index contributed by atoms with van der Waals surface area (Å²) in [7, 11) is 1.63. The Morgan fingerprint density at radius 3 is 2.72 bits per heavy atom. The lowest BCUT2D eigenvalue weighted by molar-refractivity contribution is -0.129. The van der Waals surface area contributed by atoms with Crippen LogP contribution in [0.1, 0.15) is 19.4 Å². The molecule has 0 heterocycles. The molecule has 1 amide bonds. The number of nitrogens with one attached hydrogen (secondary N) is 1. The van der Waals surface area contributed by atoms with Crippen LogP contribution in [0.2, 0.25) is 0 Å². The van der Waals surface area contributed by atoms with E-state index in [-0.39, 0.29) is 11.8 Å². The molecule has 1 rings (SSSR count). The molecule has 5 nitrogen and oxygen atoms in total. The molecule has 0 aliphatic rings. The van der Waals surface area contributed by atoms with E-state index in [1.165, 1.54) is 0 Å². The van der Waals surface area contributed by atoms with Crippen molar-refractivity contribution in [1.82, 2.24) is 5.43 Å². The number of carbonyl (C=O) groups excluding carboxylic acids is 1. The van der Waals surface area contributed by atoms with E-state index in [1.54, 1.807) is 13.2 Å². The van der Waals surface area contributed by atoms with Gasteiger partial charge in [0.2, 0.25) is 0 Å².